The fourth-order valence-electron chi connectivity index (χ4n) is 3.31. The highest BCUT2D eigenvalue weighted by atomic mass is 19.4. The van der Waals surface area contributed by atoms with Crippen molar-refractivity contribution in [2.24, 2.45) is 0 Å². The summed E-state index contributed by atoms with van der Waals surface area (Å²) >= 11 is 0. The zero-order valence-corrected chi connectivity index (χ0v) is 17.6. The standard InChI is InChI=1S/C27H21F3O2/c1-18-7-16-26(24(17-18)27(28,29)30)32-23-14-10-21(11-15-23)20-8-12-22(13-9-20)31-25-6-4-3-5-19(25)2/h3-17H,1-2H3. The molecule has 0 saturated carbocycles. The van der Waals surface area contributed by atoms with E-state index in [0.29, 0.717) is 11.3 Å². The number of rotatable bonds is 5. The summed E-state index contributed by atoms with van der Waals surface area (Å²) in [6, 6.07) is 26.4. The van der Waals surface area contributed by atoms with Gasteiger partial charge >= 0.3 is 6.18 Å². The maximum Gasteiger partial charge on any atom is 0.419 e. The number of ether oxygens (including phenoxy) is 2. The van der Waals surface area contributed by atoms with Crippen molar-refractivity contribution in [2.45, 2.75) is 20.0 Å². The molecule has 0 aliphatic heterocycles. The lowest BCUT2D eigenvalue weighted by molar-refractivity contribution is -0.138. The minimum atomic E-state index is -4.48. The molecule has 0 fully saturated rings. The maximum absolute atomic E-state index is 13.3. The molecule has 4 aromatic rings. The third kappa shape index (κ3) is 4.94. The maximum atomic E-state index is 13.3. The van der Waals surface area contributed by atoms with Crippen LogP contribution in [0.1, 0.15) is 16.7 Å². The quantitative estimate of drug-likeness (QED) is 0.313. The van der Waals surface area contributed by atoms with Crippen molar-refractivity contribution in [3.05, 3.63) is 108 Å². The highest BCUT2D eigenvalue weighted by Gasteiger charge is 2.34. The van der Waals surface area contributed by atoms with Gasteiger partial charge in [-0.2, -0.15) is 13.2 Å². The van der Waals surface area contributed by atoms with Crippen LogP contribution in [0.25, 0.3) is 11.1 Å². The molecule has 0 unspecified atom stereocenters. The van der Waals surface area contributed by atoms with E-state index in [1.165, 1.54) is 6.07 Å². The average Bonchev–Trinajstić information content (AvgIpc) is 2.77. The number of para-hydroxylation sites is 1. The second-order valence-electron chi connectivity index (χ2n) is 7.52. The summed E-state index contributed by atoms with van der Waals surface area (Å²) < 4.78 is 51.4. The lowest BCUT2D eigenvalue weighted by Crippen LogP contribution is -2.07. The molecule has 4 rings (SSSR count). The smallest absolute Gasteiger partial charge is 0.419 e. The van der Waals surface area contributed by atoms with E-state index in [9.17, 15) is 13.2 Å². The Bertz CT molecular complexity index is 1210. The van der Waals surface area contributed by atoms with Crippen LogP contribution in [0.2, 0.25) is 0 Å². The van der Waals surface area contributed by atoms with Crippen molar-refractivity contribution in [2.75, 3.05) is 0 Å². The molecule has 0 bridgehead atoms. The minimum Gasteiger partial charge on any atom is -0.457 e. The normalized spacial score (nSPS) is 11.3. The van der Waals surface area contributed by atoms with Gasteiger partial charge in [-0.25, -0.2) is 0 Å². The predicted molar refractivity (Wildman–Crippen MR) is 119 cm³/mol. The monoisotopic (exact) mass is 434 g/mol. The van der Waals surface area contributed by atoms with Crippen LogP contribution in [0.3, 0.4) is 0 Å². The third-order valence-corrected chi connectivity index (χ3v) is 5.03. The van der Waals surface area contributed by atoms with E-state index >= 15 is 0 Å². The molecule has 0 N–H and O–H groups in total. The van der Waals surface area contributed by atoms with Crippen molar-refractivity contribution < 1.29 is 22.6 Å². The van der Waals surface area contributed by atoms with E-state index in [-0.39, 0.29) is 5.75 Å². The van der Waals surface area contributed by atoms with Gasteiger partial charge < -0.3 is 9.47 Å². The Balaban J connectivity index is 1.49. The van der Waals surface area contributed by atoms with Crippen molar-refractivity contribution >= 4 is 0 Å². The Kier molecular flexibility index (Phi) is 5.91. The first kappa shape index (κ1) is 21.5. The van der Waals surface area contributed by atoms with Crippen LogP contribution in [-0.4, -0.2) is 0 Å². The van der Waals surface area contributed by atoms with Gasteiger partial charge in [-0.1, -0.05) is 54.1 Å². The second-order valence-corrected chi connectivity index (χ2v) is 7.52. The van der Waals surface area contributed by atoms with E-state index in [1.807, 2.05) is 67.6 Å². The lowest BCUT2D eigenvalue weighted by Gasteiger charge is -2.14. The number of hydrogen-bond acceptors (Lipinski definition) is 2. The summed E-state index contributed by atoms with van der Waals surface area (Å²) in [7, 11) is 0. The van der Waals surface area contributed by atoms with Gasteiger partial charge in [0, 0.05) is 0 Å². The van der Waals surface area contributed by atoms with Crippen LogP contribution < -0.4 is 9.47 Å². The zero-order valence-electron chi connectivity index (χ0n) is 17.6. The third-order valence-electron chi connectivity index (χ3n) is 5.03. The topological polar surface area (TPSA) is 18.5 Å². The lowest BCUT2D eigenvalue weighted by atomic mass is 10.1. The van der Waals surface area contributed by atoms with Crippen LogP contribution in [0.5, 0.6) is 23.0 Å². The zero-order chi connectivity index (χ0) is 22.7. The first-order valence-electron chi connectivity index (χ1n) is 10.1. The molecule has 32 heavy (non-hydrogen) atoms. The second kappa shape index (κ2) is 8.79. The van der Waals surface area contributed by atoms with Gasteiger partial charge in [-0.3, -0.25) is 0 Å². The fraction of sp³-hybridized carbons (Fsp3) is 0.111. The number of alkyl halides is 3. The summed E-state index contributed by atoms with van der Waals surface area (Å²) in [6.45, 7) is 3.60. The van der Waals surface area contributed by atoms with Gasteiger partial charge in [0.05, 0.1) is 5.56 Å². The average molecular weight is 434 g/mol. The van der Waals surface area contributed by atoms with Crippen LogP contribution in [0.4, 0.5) is 13.2 Å². The van der Waals surface area contributed by atoms with Crippen molar-refractivity contribution in [3.63, 3.8) is 0 Å². The number of halogens is 3. The molecule has 0 radical (unpaired) electrons. The van der Waals surface area contributed by atoms with Crippen molar-refractivity contribution in [3.8, 4) is 34.1 Å². The van der Waals surface area contributed by atoms with Gasteiger partial charge in [0.25, 0.3) is 0 Å². The fourth-order valence-corrected chi connectivity index (χ4v) is 3.31. The van der Waals surface area contributed by atoms with Crippen molar-refractivity contribution in [1.29, 1.82) is 0 Å². The first-order chi connectivity index (χ1) is 15.3. The minimum absolute atomic E-state index is 0.214. The summed E-state index contributed by atoms with van der Waals surface area (Å²) in [5, 5.41) is 0. The number of hydrogen-bond donors (Lipinski definition) is 0. The van der Waals surface area contributed by atoms with Gasteiger partial charge in [-0.05, 0) is 73.0 Å². The van der Waals surface area contributed by atoms with Gasteiger partial charge in [0.2, 0.25) is 0 Å². The van der Waals surface area contributed by atoms with E-state index < -0.39 is 11.7 Å². The number of benzene rings is 4. The summed E-state index contributed by atoms with van der Waals surface area (Å²) in [6.07, 6.45) is -4.48. The molecule has 0 aliphatic carbocycles. The Labute approximate surface area is 184 Å². The molecule has 0 atom stereocenters. The molecule has 5 heteroatoms. The van der Waals surface area contributed by atoms with Gasteiger partial charge in [-0.15, -0.1) is 0 Å². The van der Waals surface area contributed by atoms with Crippen LogP contribution >= 0.6 is 0 Å². The molecule has 0 heterocycles. The Morgan fingerprint density at radius 2 is 1.12 bits per heavy atom. The SMILES string of the molecule is Cc1ccc(Oc2ccc(-c3ccc(Oc4ccccc4C)cc3)cc2)c(C(F)(F)F)c1. The van der Waals surface area contributed by atoms with Crippen LogP contribution in [0, 0.1) is 13.8 Å². The van der Waals surface area contributed by atoms with E-state index in [1.54, 1.807) is 25.1 Å². The Morgan fingerprint density at radius 3 is 1.66 bits per heavy atom. The molecule has 2 nitrogen and oxygen atoms in total. The molecule has 0 amide bonds. The number of aryl methyl sites for hydroxylation is 2. The molecule has 0 saturated heterocycles. The van der Waals surface area contributed by atoms with Crippen molar-refractivity contribution in [1.82, 2.24) is 0 Å². The summed E-state index contributed by atoms with van der Waals surface area (Å²) in [4.78, 5) is 0. The highest BCUT2D eigenvalue weighted by molar-refractivity contribution is 5.65. The van der Waals surface area contributed by atoms with Crippen LogP contribution in [-0.2, 0) is 6.18 Å². The van der Waals surface area contributed by atoms with E-state index in [4.69, 9.17) is 9.47 Å². The van der Waals surface area contributed by atoms with Crippen LogP contribution in [0.15, 0.2) is 91.0 Å². The molecular weight excluding hydrogens is 413 g/mol. The largest absolute Gasteiger partial charge is 0.457 e. The van der Waals surface area contributed by atoms with Gasteiger partial charge in [0.1, 0.15) is 23.0 Å². The van der Waals surface area contributed by atoms with E-state index in [2.05, 4.69) is 0 Å². The predicted octanol–water partition coefficient (Wildman–Crippen LogP) is 8.57. The van der Waals surface area contributed by atoms with E-state index in [0.717, 1.165) is 34.3 Å². The summed E-state index contributed by atoms with van der Waals surface area (Å²) in [5.74, 6) is 1.65. The molecule has 0 spiro atoms. The van der Waals surface area contributed by atoms with Gasteiger partial charge in [0.15, 0.2) is 0 Å². The molecule has 4 aromatic carbocycles. The molecule has 0 aromatic heterocycles. The first-order valence-corrected chi connectivity index (χ1v) is 10.1. The Morgan fingerprint density at radius 1 is 0.594 bits per heavy atom. The molecule has 162 valence electrons. The highest BCUT2D eigenvalue weighted by Crippen LogP contribution is 2.39. The molecule has 0 aliphatic rings. The Hall–Kier alpha value is -3.73. The summed E-state index contributed by atoms with van der Waals surface area (Å²) in [5.41, 5.74) is 2.66. The molecular formula is C27H21F3O2.